The number of aryl methyl sites for hydroxylation is 1. The highest BCUT2D eigenvalue weighted by atomic mass is 32.1. The number of para-hydroxylation sites is 1. The summed E-state index contributed by atoms with van der Waals surface area (Å²) in [4.78, 5) is 16.2. The van der Waals surface area contributed by atoms with Gasteiger partial charge >= 0.3 is 0 Å². The molecule has 0 saturated heterocycles. The fourth-order valence-electron chi connectivity index (χ4n) is 1.94. The van der Waals surface area contributed by atoms with Gasteiger partial charge < -0.3 is 5.32 Å². The number of carbonyl (C=O) groups is 1. The molecule has 19 heavy (non-hydrogen) atoms. The van der Waals surface area contributed by atoms with Gasteiger partial charge in [-0.05, 0) is 18.6 Å². The molecular formula is C15H20N2OS. The predicted molar refractivity (Wildman–Crippen MR) is 80.5 cm³/mol. The lowest BCUT2D eigenvalue weighted by Crippen LogP contribution is -2.24. The Morgan fingerprint density at radius 1 is 1.32 bits per heavy atom. The molecule has 3 nitrogen and oxygen atoms in total. The van der Waals surface area contributed by atoms with Crippen molar-refractivity contribution in [3.8, 4) is 0 Å². The summed E-state index contributed by atoms with van der Waals surface area (Å²) < 4.78 is 1.20. The van der Waals surface area contributed by atoms with Gasteiger partial charge in [0.05, 0.1) is 15.2 Å². The van der Waals surface area contributed by atoms with Gasteiger partial charge in [0.2, 0.25) is 5.91 Å². The molecule has 0 aliphatic heterocycles. The van der Waals surface area contributed by atoms with E-state index in [9.17, 15) is 4.79 Å². The summed E-state index contributed by atoms with van der Waals surface area (Å²) in [6.07, 6.45) is 4.70. The molecule has 0 aliphatic carbocycles. The molecule has 0 spiro atoms. The van der Waals surface area contributed by atoms with E-state index >= 15 is 0 Å². The predicted octanol–water partition coefficient (Wildman–Crippen LogP) is 3.54. The number of carbonyl (C=O) groups excluding carboxylic acids is 1. The number of rotatable bonds is 7. The Morgan fingerprint density at radius 3 is 2.95 bits per heavy atom. The molecule has 1 aromatic carbocycles. The lowest BCUT2D eigenvalue weighted by molar-refractivity contribution is -0.121. The van der Waals surface area contributed by atoms with Crippen LogP contribution in [0.4, 0.5) is 0 Å². The number of hydrogen-bond donors (Lipinski definition) is 1. The molecular weight excluding hydrogens is 256 g/mol. The maximum atomic E-state index is 11.7. The van der Waals surface area contributed by atoms with E-state index in [1.165, 1.54) is 17.5 Å². The second kappa shape index (κ2) is 7.24. The van der Waals surface area contributed by atoms with Crippen LogP contribution in [-0.2, 0) is 11.2 Å². The van der Waals surface area contributed by atoms with Crippen molar-refractivity contribution in [2.75, 3.05) is 6.54 Å². The standard InChI is InChI=1S/C15H20N2OS/c1-2-3-6-11-16-14(18)9-10-15-17-12-7-4-5-8-13(12)19-15/h4-5,7-8H,2-3,6,9-11H2,1H3,(H,16,18). The van der Waals surface area contributed by atoms with E-state index in [-0.39, 0.29) is 5.91 Å². The molecule has 102 valence electrons. The number of unbranched alkanes of at least 4 members (excludes halogenated alkanes) is 2. The first kappa shape index (κ1) is 14.0. The van der Waals surface area contributed by atoms with E-state index in [4.69, 9.17) is 0 Å². The summed E-state index contributed by atoms with van der Waals surface area (Å²) in [6, 6.07) is 8.10. The molecule has 0 radical (unpaired) electrons. The Bertz CT molecular complexity index is 503. The molecule has 2 aromatic rings. The molecule has 1 aromatic heterocycles. The highest BCUT2D eigenvalue weighted by Gasteiger charge is 2.06. The van der Waals surface area contributed by atoms with Crippen molar-refractivity contribution >= 4 is 27.5 Å². The van der Waals surface area contributed by atoms with Crippen molar-refractivity contribution in [3.05, 3.63) is 29.3 Å². The van der Waals surface area contributed by atoms with Crippen LogP contribution in [0.2, 0.25) is 0 Å². The van der Waals surface area contributed by atoms with E-state index in [0.717, 1.165) is 29.9 Å². The van der Waals surface area contributed by atoms with Gasteiger partial charge in [-0.2, -0.15) is 0 Å². The van der Waals surface area contributed by atoms with Gasteiger partial charge in [-0.15, -0.1) is 11.3 Å². The average Bonchev–Trinajstić information content (AvgIpc) is 2.84. The smallest absolute Gasteiger partial charge is 0.220 e. The number of benzene rings is 1. The average molecular weight is 276 g/mol. The lowest BCUT2D eigenvalue weighted by Gasteiger charge is -2.03. The van der Waals surface area contributed by atoms with Crippen molar-refractivity contribution in [2.24, 2.45) is 0 Å². The Hall–Kier alpha value is -1.42. The van der Waals surface area contributed by atoms with E-state index in [1.54, 1.807) is 11.3 Å². The number of thiazole rings is 1. The summed E-state index contributed by atoms with van der Waals surface area (Å²) in [5.74, 6) is 0.135. The fourth-order valence-corrected chi connectivity index (χ4v) is 2.91. The Labute approximate surface area is 118 Å². The first-order chi connectivity index (χ1) is 9.29. The minimum atomic E-state index is 0.135. The van der Waals surface area contributed by atoms with Gasteiger partial charge in [-0.3, -0.25) is 4.79 Å². The number of fused-ring (bicyclic) bond motifs is 1. The van der Waals surface area contributed by atoms with Gasteiger partial charge in [0.15, 0.2) is 0 Å². The number of aromatic nitrogens is 1. The second-order valence-electron chi connectivity index (χ2n) is 4.63. The SMILES string of the molecule is CCCCCNC(=O)CCc1nc2ccccc2s1. The molecule has 0 fully saturated rings. The third-order valence-electron chi connectivity index (χ3n) is 3.01. The zero-order valence-electron chi connectivity index (χ0n) is 11.3. The van der Waals surface area contributed by atoms with Crippen molar-refractivity contribution < 1.29 is 4.79 Å². The molecule has 2 rings (SSSR count). The van der Waals surface area contributed by atoms with Crippen LogP contribution in [0.1, 0.15) is 37.6 Å². The van der Waals surface area contributed by atoms with Gasteiger partial charge in [0.1, 0.15) is 0 Å². The number of nitrogens with zero attached hydrogens (tertiary/aromatic N) is 1. The summed E-state index contributed by atoms with van der Waals surface area (Å²) >= 11 is 1.68. The van der Waals surface area contributed by atoms with Gasteiger partial charge in [-0.1, -0.05) is 31.9 Å². The number of amides is 1. The van der Waals surface area contributed by atoms with Crippen LogP contribution in [-0.4, -0.2) is 17.4 Å². The van der Waals surface area contributed by atoms with Gasteiger partial charge in [0.25, 0.3) is 0 Å². The zero-order chi connectivity index (χ0) is 13.5. The van der Waals surface area contributed by atoms with Gasteiger partial charge in [0, 0.05) is 19.4 Å². The Morgan fingerprint density at radius 2 is 2.16 bits per heavy atom. The summed E-state index contributed by atoms with van der Waals surface area (Å²) in [6.45, 7) is 2.96. The highest BCUT2D eigenvalue weighted by molar-refractivity contribution is 7.18. The normalized spacial score (nSPS) is 10.8. The van der Waals surface area contributed by atoms with Crippen LogP contribution in [0, 0.1) is 0 Å². The van der Waals surface area contributed by atoms with Crippen molar-refractivity contribution in [2.45, 2.75) is 39.0 Å². The van der Waals surface area contributed by atoms with Crippen LogP contribution in [0.15, 0.2) is 24.3 Å². The molecule has 0 bridgehead atoms. The van der Waals surface area contributed by atoms with Crippen LogP contribution in [0.3, 0.4) is 0 Å². The number of hydrogen-bond acceptors (Lipinski definition) is 3. The highest BCUT2D eigenvalue weighted by Crippen LogP contribution is 2.22. The summed E-state index contributed by atoms with van der Waals surface area (Å²) in [7, 11) is 0. The van der Waals surface area contributed by atoms with Crippen molar-refractivity contribution in [1.82, 2.24) is 10.3 Å². The molecule has 0 atom stereocenters. The fraction of sp³-hybridized carbons (Fsp3) is 0.467. The summed E-state index contributed by atoms with van der Waals surface area (Å²) in [5.41, 5.74) is 1.03. The van der Waals surface area contributed by atoms with Crippen molar-refractivity contribution in [3.63, 3.8) is 0 Å². The molecule has 1 N–H and O–H groups in total. The van der Waals surface area contributed by atoms with Crippen LogP contribution in [0.25, 0.3) is 10.2 Å². The maximum absolute atomic E-state index is 11.7. The van der Waals surface area contributed by atoms with Gasteiger partial charge in [-0.25, -0.2) is 4.98 Å². The molecule has 0 unspecified atom stereocenters. The number of nitrogens with one attached hydrogen (secondary N) is 1. The molecule has 1 amide bonds. The minimum absolute atomic E-state index is 0.135. The van der Waals surface area contributed by atoms with E-state index in [1.807, 2.05) is 18.2 Å². The Balaban J connectivity index is 1.77. The maximum Gasteiger partial charge on any atom is 0.220 e. The molecule has 4 heteroatoms. The van der Waals surface area contributed by atoms with E-state index in [2.05, 4.69) is 23.3 Å². The van der Waals surface area contributed by atoms with Crippen LogP contribution < -0.4 is 5.32 Å². The van der Waals surface area contributed by atoms with E-state index in [0.29, 0.717) is 6.42 Å². The van der Waals surface area contributed by atoms with Crippen LogP contribution in [0.5, 0.6) is 0 Å². The molecule has 0 aliphatic rings. The molecule has 1 heterocycles. The zero-order valence-corrected chi connectivity index (χ0v) is 12.1. The van der Waals surface area contributed by atoms with E-state index < -0.39 is 0 Å². The third kappa shape index (κ3) is 4.31. The molecule has 0 saturated carbocycles. The minimum Gasteiger partial charge on any atom is -0.356 e. The topological polar surface area (TPSA) is 42.0 Å². The monoisotopic (exact) mass is 276 g/mol. The first-order valence-electron chi connectivity index (χ1n) is 6.90. The summed E-state index contributed by atoms with van der Waals surface area (Å²) in [5, 5.41) is 4.01. The van der Waals surface area contributed by atoms with Crippen molar-refractivity contribution in [1.29, 1.82) is 0 Å². The lowest BCUT2D eigenvalue weighted by atomic mass is 10.2. The second-order valence-corrected chi connectivity index (χ2v) is 5.75. The van der Waals surface area contributed by atoms with Crippen LogP contribution >= 0.6 is 11.3 Å². The largest absolute Gasteiger partial charge is 0.356 e. The third-order valence-corrected chi connectivity index (χ3v) is 4.10. The Kier molecular flexibility index (Phi) is 5.33. The first-order valence-corrected chi connectivity index (χ1v) is 7.72. The quantitative estimate of drug-likeness (QED) is 0.786.